The Bertz CT molecular complexity index is 1120. The molecule has 1 fully saturated rings. The van der Waals surface area contributed by atoms with Crippen LogP contribution in [0.5, 0.6) is 0 Å². The van der Waals surface area contributed by atoms with Crippen molar-refractivity contribution in [3.05, 3.63) is 79.2 Å². The average Bonchev–Trinajstić information content (AvgIpc) is 3.05. The van der Waals surface area contributed by atoms with Gasteiger partial charge in [0.1, 0.15) is 0 Å². The summed E-state index contributed by atoms with van der Waals surface area (Å²) < 4.78 is 5.03. The van der Waals surface area contributed by atoms with E-state index in [1.54, 1.807) is 22.3 Å². The zero-order valence-corrected chi connectivity index (χ0v) is 26.3. The summed E-state index contributed by atoms with van der Waals surface area (Å²) in [5.74, 6) is 0. The van der Waals surface area contributed by atoms with Gasteiger partial charge in [-0.15, -0.1) is 0 Å². The molecule has 2 aromatic carbocycles. The maximum absolute atomic E-state index is 2.61. The van der Waals surface area contributed by atoms with Crippen LogP contribution in [0.1, 0.15) is 91.9 Å². The summed E-state index contributed by atoms with van der Waals surface area (Å²) >= 11 is -2.52. The predicted octanol–water partition coefficient (Wildman–Crippen LogP) is 3.21. The summed E-state index contributed by atoms with van der Waals surface area (Å²) in [6.07, 6.45) is 8.47. The van der Waals surface area contributed by atoms with Gasteiger partial charge in [-0.1, -0.05) is 0 Å². The van der Waals surface area contributed by atoms with Gasteiger partial charge in [-0.05, 0) is 0 Å². The van der Waals surface area contributed by atoms with Crippen molar-refractivity contribution in [3.8, 4) is 11.1 Å². The van der Waals surface area contributed by atoms with Crippen molar-refractivity contribution >= 4 is 0 Å². The Morgan fingerprint density at radius 3 is 1.53 bits per heavy atom. The molecule has 0 bridgehead atoms. The number of benzene rings is 2. The van der Waals surface area contributed by atoms with Crippen molar-refractivity contribution in [3.63, 3.8) is 0 Å². The number of hydrogen-bond donors (Lipinski definition) is 0. The fourth-order valence-corrected chi connectivity index (χ4v) is 23.6. The SMILES string of the molecule is Cc1cc2c(cc1C(C)(C)C)-c1cc(C(C)(C)C)c(C)cc1[CH]2[Zr+2]1([C]2=CC=CC2)[CH2][CH]1C.[Cl-].[Cl-]. The van der Waals surface area contributed by atoms with Crippen LogP contribution in [-0.2, 0) is 31.1 Å². The summed E-state index contributed by atoms with van der Waals surface area (Å²) in [6.45, 7) is 21.5. The molecule has 2 atom stereocenters. The molecule has 2 aliphatic carbocycles. The second-order valence-corrected chi connectivity index (χ2v) is 24.4. The second kappa shape index (κ2) is 9.04. The first-order valence-corrected chi connectivity index (χ1v) is 18.3. The molecule has 1 saturated heterocycles. The molecule has 0 spiro atoms. The van der Waals surface area contributed by atoms with E-state index in [0.717, 1.165) is 3.63 Å². The van der Waals surface area contributed by atoms with Gasteiger partial charge in [-0.3, -0.25) is 0 Å². The van der Waals surface area contributed by atoms with Gasteiger partial charge >= 0.3 is 201 Å². The molecule has 1 heterocycles. The van der Waals surface area contributed by atoms with Crippen LogP contribution in [0.25, 0.3) is 11.1 Å². The number of fused-ring (bicyclic) bond motifs is 3. The molecule has 3 heteroatoms. The van der Waals surface area contributed by atoms with Crippen molar-refractivity contribution < 1.29 is 45.1 Å². The number of allylic oxidation sites excluding steroid dienone is 4. The Morgan fingerprint density at radius 2 is 1.21 bits per heavy atom. The maximum Gasteiger partial charge on any atom is -1.00 e. The first kappa shape index (κ1) is 28.0. The average molecular weight is 575 g/mol. The molecule has 0 nitrogen and oxygen atoms in total. The van der Waals surface area contributed by atoms with Crippen LogP contribution < -0.4 is 24.8 Å². The van der Waals surface area contributed by atoms with Gasteiger partial charge in [0.25, 0.3) is 0 Å². The van der Waals surface area contributed by atoms with Crippen molar-refractivity contribution in [1.82, 2.24) is 0 Å². The summed E-state index contributed by atoms with van der Waals surface area (Å²) in [5.41, 5.74) is 12.8. The van der Waals surface area contributed by atoms with Crippen molar-refractivity contribution in [2.75, 3.05) is 0 Å². The van der Waals surface area contributed by atoms with Gasteiger partial charge in [0.15, 0.2) is 0 Å². The number of hydrogen-bond acceptors (Lipinski definition) is 0. The molecule has 5 rings (SSSR count). The summed E-state index contributed by atoms with van der Waals surface area (Å²) in [6, 6.07) is 10.4. The molecule has 2 aromatic rings. The normalized spacial score (nSPS) is 21.2. The third-order valence-corrected chi connectivity index (χ3v) is 23.2. The summed E-state index contributed by atoms with van der Waals surface area (Å²) in [4.78, 5) is 0. The standard InChI is InChI=1S/C23H29.C5H5.C3H6.2ClH.Zr/c1-14-9-16-11-17-10-15(2)21(23(6,7)8)13-19(17)18(16)12-20(14)22(3,4)5;1-2-4-5-3-1;1-3-2;;;/h9-13H,1-8H3;1-3H,4H2;3H,1H2,2H3;2*1H;/q;;;;;+2/p-2. The van der Waals surface area contributed by atoms with Crippen molar-refractivity contribution in [2.45, 2.75) is 90.9 Å². The molecule has 182 valence electrons. The number of rotatable bonds is 2. The number of aryl methyl sites for hydroxylation is 2. The van der Waals surface area contributed by atoms with E-state index in [-0.39, 0.29) is 35.6 Å². The molecule has 0 aromatic heterocycles. The van der Waals surface area contributed by atoms with Crippen LogP contribution in [-0.4, -0.2) is 0 Å². The van der Waals surface area contributed by atoms with Crippen LogP contribution in [0, 0.1) is 13.8 Å². The van der Waals surface area contributed by atoms with E-state index in [1.165, 1.54) is 32.8 Å². The van der Waals surface area contributed by atoms with Crippen LogP contribution in [0.2, 0.25) is 7.75 Å². The Balaban J connectivity index is 0.00000162. The van der Waals surface area contributed by atoms with Gasteiger partial charge in [-0.25, -0.2) is 0 Å². The van der Waals surface area contributed by atoms with Gasteiger partial charge in [0.2, 0.25) is 0 Å². The molecule has 0 amide bonds. The minimum atomic E-state index is -2.52. The summed E-state index contributed by atoms with van der Waals surface area (Å²) in [7, 11) is 0. The Labute approximate surface area is 224 Å². The van der Waals surface area contributed by atoms with Crippen LogP contribution in [0.4, 0.5) is 0 Å². The Kier molecular flexibility index (Phi) is 7.44. The van der Waals surface area contributed by atoms with E-state index >= 15 is 0 Å². The van der Waals surface area contributed by atoms with E-state index in [2.05, 4.69) is 105 Å². The number of halogens is 2. The van der Waals surface area contributed by atoms with E-state index in [9.17, 15) is 0 Å². The maximum atomic E-state index is 2.61. The minimum absolute atomic E-state index is 0. The smallest absolute Gasteiger partial charge is 1.00 e. The van der Waals surface area contributed by atoms with Crippen LogP contribution in [0.15, 0.2) is 45.8 Å². The monoisotopic (exact) mass is 572 g/mol. The Hall–Kier alpha value is -0.617. The fraction of sp³-hybridized carbons (Fsp3) is 0.484. The minimum Gasteiger partial charge on any atom is -1.00 e. The predicted molar refractivity (Wildman–Crippen MR) is 137 cm³/mol. The molecular weight excluding hydrogens is 534 g/mol. The molecule has 3 aliphatic rings. The first-order chi connectivity index (χ1) is 14.9. The van der Waals surface area contributed by atoms with Crippen molar-refractivity contribution in [2.24, 2.45) is 0 Å². The van der Waals surface area contributed by atoms with Crippen molar-refractivity contribution in [1.29, 1.82) is 0 Å². The molecular formula is C31H40Cl2Zr. The second-order valence-electron chi connectivity index (χ2n) is 12.9. The molecule has 1 aliphatic heterocycles. The third kappa shape index (κ3) is 4.17. The first-order valence-electron chi connectivity index (χ1n) is 12.5. The third-order valence-electron chi connectivity index (χ3n) is 8.57. The van der Waals surface area contributed by atoms with Gasteiger partial charge < -0.3 is 24.8 Å². The van der Waals surface area contributed by atoms with Gasteiger partial charge in [0.05, 0.1) is 0 Å². The molecule has 0 N–H and O–H groups in total. The topological polar surface area (TPSA) is 0 Å². The van der Waals surface area contributed by atoms with Gasteiger partial charge in [0, 0.05) is 0 Å². The van der Waals surface area contributed by atoms with Crippen LogP contribution in [0.3, 0.4) is 0 Å². The van der Waals surface area contributed by atoms with E-state index in [1.807, 2.05) is 3.28 Å². The molecule has 0 radical (unpaired) electrons. The van der Waals surface area contributed by atoms with Gasteiger partial charge in [-0.2, -0.15) is 0 Å². The molecule has 34 heavy (non-hydrogen) atoms. The van der Waals surface area contributed by atoms with E-state index in [4.69, 9.17) is 0 Å². The van der Waals surface area contributed by atoms with Crippen LogP contribution >= 0.6 is 0 Å². The zero-order chi connectivity index (χ0) is 23.2. The largest absolute Gasteiger partial charge is 1.00 e. The Morgan fingerprint density at radius 1 is 0.765 bits per heavy atom. The fourth-order valence-electron chi connectivity index (χ4n) is 7.02. The quantitative estimate of drug-likeness (QED) is 0.517. The van der Waals surface area contributed by atoms with E-state index < -0.39 is 20.3 Å². The zero-order valence-electron chi connectivity index (χ0n) is 22.4. The molecule has 2 unspecified atom stereocenters. The summed E-state index contributed by atoms with van der Waals surface area (Å²) in [5, 5.41) is 0. The van der Waals surface area contributed by atoms with E-state index in [0.29, 0.717) is 3.63 Å². The molecule has 0 saturated carbocycles.